The fourth-order valence-electron chi connectivity index (χ4n) is 2.75. The van der Waals surface area contributed by atoms with Crippen molar-refractivity contribution in [2.45, 2.75) is 32.1 Å². The van der Waals surface area contributed by atoms with Crippen molar-refractivity contribution in [3.05, 3.63) is 51.7 Å². The standard InChI is InChI=1S/C18H17I3O4/c1-9-5-10(6-12(19)16(9)24)18(2,4-3-15(22)23)11-7-13(20)17(25)14(21)8-11/h5-8,24-25H,3-4H2,1-2H3,(H,22,23). The predicted octanol–water partition coefficient (Wildman–Crippen LogP) is 5.39. The molecule has 7 heteroatoms. The summed E-state index contributed by atoms with van der Waals surface area (Å²) in [6.07, 6.45) is 0.445. The van der Waals surface area contributed by atoms with Crippen LogP contribution in [0.5, 0.6) is 11.5 Å². The van der Waals surface area contributed by atoms with Gasteiger partial charge in [-0.3, -0.25) is 4.79 Å². The lowest BCUT2D eigenvalue weighted by Crippen LogP contribution is -2.25. The zero-order valence-electron chi connectivity index (χ0n) is 13.6. The number of carbonyl (C=O) groups is 1. The Morgan fingerprint density at radius 3 is 1.84 bits per heavy atom. The fraction of sp³-hybridized carbons (Fsp3) is 0.278. The summed E-state index contributed by atoms with van der Waals surface area (Å²) in [5, 5.41) is 29.3. The molecule has 0 aliphatic carbocycles. The number of aliphatic carboxylic acids is 1. The van der Waals surface area contributed by atoms with E-state index in [2.05, 4.69) is 67.8 Å². The Morgan fingerprint density at radius 1 is 0.960 bits per heavy atom. The molecule has 2 rings (SSSR count). The van der Waals surface area contributed by atoms with Gasteiger partial charge in [0.25, 0.3) is 0 Å². The summed E-state index contributed by atoms with van der Waals surface area (Å²) >= 11 is 6.25. The number of halogens is 3. The first-order valence-corrected chi connectivity index (χ1v) is 10.7. The number of rotatable bonds is 5. The van der Waals surface area contributed by atoms with Crippen LogP contribution in [0.25, 0.3) is 0 Å². The Labute approximate surface area is 187 Å². The van der Waals surface area contributed by atoms with Gasteiger partial charge in [-0.2, -0.15) is 0 Å². The lowest BCUT2D eigenvalue weighted by atomic mass is 9.72. The van der Waals surface area contributed by atoms with Crippen LogP contribution in [-0.4, -0.2) is 21.3 Å². The quantitative estimate of drug-likeness (QED) is 0.371. The third kappa shape index (κ3) is 4.52. The van der Waals surface area contributed by atoms with Crippen molar-refractivity contribution in [2.75, 3.05) is 0 Å². The molecule has 25 heavy (non-hydrogen) atoms. The Balaban J connectivity index is 2.68. The van der Waals surface area contributed by atoms with Gasteiger partial charge in [0.1, 0.15) is 11.5 Å². The van der Waals surface area contributed by atoms with Crippen LogP contribution in [0.1, 0.15) is 36.5 Å². The average Bonchev–Trinajstić information content (AvgIpc) is 2.54. The summed E-state index contributed by atoms with van der Waals surface area (Å²) in [6.45, 7) is 3.85. The Hall–Kier alpha value is -0.300. The zero-order chi connectivity index (χ0) is 18.9. The molecule has 2 aromatic carbocycles. The van der Waals surface area contributed by atoms with Gasteiger partial charge >= 0.3 is 5.97 Å². The Morgan fingerprint density at radius 2 is 1.40 bits per heavy atom. The van der Waals surface area contributed by atoms with Gasteiger partial charge in [-0.1, -0.05) is 13.0 Å². The van der Waals surface area contributed by atoms with Crippen molar-refractivity contribution in [3.8, 4) is 11.5 Å². The summed E-state index contributed by atoms with van der Waals surface area (Å²) < 4.78 is 2.19. The second-order valence-corrected chi connectivity index (χ2v) is 9.62. The fourth-order valence-corrected chi connectivity index (χ4v) is 5.28. The van der Waals surface area contributed by atoms with Gasteiger partial charge in [0.2, 0.25) is 0 Å². The van der Waals surface area contributed by atoms with E-state index in [9.17, 15) is 20.1 Å². The molecule has 0 amide bonds. The number of carboxylic acids is 1. The zero-order valence-corrected chi connectivity index (χ0v) is 20.1. The second kappa shape index (κ2) is 8.15. The van der Waals surface area contributed by atoms with Gasteiger partial charge in [-0.25, -0.2) is 0 Å². The maximum Gasteiger partial charge on any atom is 0.303 e. The molecule has 0 bridgehead atoms. The van der Waals surface area contributed by atoms with E-state index < -0.39 is 11.4 Å². The van der Waals surface area contributed by atoms with E-state index in [0.717, 1.165) is 27.4 Å². The van der Waals surface area contributed by atoms with Gasteiger partial charge in [0.05, 0.1) is 10.7 Å². The van der Waals surface area contributed by atoms with Gasteiger partial charge in [-0.05, 0) is 116 Å². The van der Waals surface area contributed by atoms with Crippen molar-refractivity contribution in [1.82, 2.24) is 0 Å². The van der Waals surface area contributed by atoms with Gasteiger partial charge in [-0.15, -0.1) is 0 Å². The largest absolute Gasteiger partial charge is 0.507 e. The number of aryl methyl sites for hydroxylation is 1. The molecule has 0 aromatic heterocycles. The highest BCUT2D eigenvalue weighted by Gasteiger charge is 2.32. The van der Waals surface area contributed by atoms with E-state index in [1.54, 1.807) is 0 Å². The first kappa shape index (κ1) is 21.0. The minimum absolute atomic E-state index is 0.0288. The molecule has 3 N–H and O–H groups in total. The molecule has 0 spiro atoms. The maximum atomic E-state index is 11.2. The van der Waals surface area contributed by atoms with Crippen LogP contribution in [0.4, 0.5) is 0 Å². The summed E-state index contributed by atoms with van der Waals surface area (Å²) in [5.41, 5.74) is 2.10. The van der Waals surface area contributed by atoms with Crippen molar-refractivity contribution in [3.63, 3.8) is 0 Å². The molecule has 1 unspecified atom stereocenters. The Kier molecular flexibility index (Phi) is 6.85. The van der Waals surface area contributed by atoms with Crippen LogP contribution in [0.15, 0.2) is 24.3 Å². The topological polar surface area (TPSA) is 77.8 Å². The van der Waals surface area contributed by atoms with Crippen LogP contribution in [0.2, 0.25) is 0 Å². The third-order valence-electron chi connectivity index (χ3n) is 4.38. The second-order valence-electron chi connectivity index (χ2n) is 6.14. The smallest absolute Gasteiger partial charge is 0.303 e. The molecule has 2 aromatic rings. The molecule has 0 heterocycles. The monoisotopic (exact) mass is 678 g/mol. The van der Waals surface area contributed by atoms with Crippen molar-refractivity contribution in [1.29, 1.82) is 0 Å². The van der Waals surface area contributed by atoms with Crippen LogP contribution >= 0.6 is 67.8 Å². The summed E-state index contributed by atoms with van der Waals surface area (Å²) in [7, 11) is 0. The maximum absolute atomic E-state index is 11.2. The molecule has 0 aliphatic heterocycles. The third-order valence-corrected chi connectivity index (χ3v) is 6.85. The number of phenolic OH excluding ortho intramolecular Hbond substituents is 2. The minimum Gasteiger partial charge on any atom is -0.507 e. The van der Waals surface area contributed by atoms with Gasteiger partial charge < -0.3 is 15.3 Å². The average molecular weight is 678 g/mol. The van der Waals surface area contributed by atoms with Crippen LogP contribution in [0, 0.1) is 17.6 Å². The molecule has 0 saturated carbocycles. The number of benzene rings is 2. The highest BCUT2D eigenvalue weighted by molar-refractivity contribution is 14.1. The minimum atomic E-state index is -0.848. The highest BCUT2D eigenvalue weighted by Crippen LogP contribution is 2.42. The van der Waals surface area contributed by atoms with Crippen LogP contribution in [-0.2, 0) is 10.2 Å². The molecule has 4 nitrogen and oxygen atoms in total. The van der Waals surface area contributed by atoms with Gasteiger partial charge in [0, 0.05) is 11.8 Å². The molecule has 0 aliphatic rings. The first-order chi connectivity index (χ1) is 11.6. The van der Waals surface area contributed by atoms with E-state index in [1.165, 1.54) is 0 Å². The Bertz CT molecular complexity index is 730. The summed E-state index contributed by atoms with van der Waals surface area (Å²) in [5.74, 6) is -0.360. The number of hydrogen-bond donors (Lipinski definition) is 3. The van der Waals surface area contributed by atoms with E-state index >= 15 is 0 Å². The molecule has 1 atom stereocenters. The van der Waals surface area contributed by atoms with Gasteiger partial charge in [0.15, 0.2) is 0 Å². The lowest BCUT2D eigenvalue weighted by Gasteiger charge is -2.32. The number of aromatic hydroxyl groups is 2. The van der Waals surface area contributed by atoms with Crippen LogP contribution < -0.4 is 0 Å². The van der Waals surface area contributed by atoms with E-state index in [4.69, 9.17) is 0 Å². The number of phenols is 2. The number of hydrogen-bond acceptors (Lipinski definition) is 3. The number of carboxylic acid groups (broad SMARTS) is 1. The highest BCUT2D eigenvalue weighted by atomic mass is 127. The van der Waals surface area contributed by atoms with E-state index in [-0.39, 0.29) is 17.9 Å². The molecule has 0 fully saturated rings. The summed E-state index contributed by atoms with van der Waals surface area (Å²) in [6, 6.07) is 7.60. The molecule has 0 saturated heterocycles. The van der Waals surface area contributed by atoms with Crippen molar-refractivity contribution >= 4 is 73.7 Å². The molecular weight excluding hydrogens is 661 g/mol. The predicted molar refractivity (Wildman–Crippen MR) is 122 cm³/mol. The molecule has 0 radical (unpaired) electrons. The van der Waals surface area contributed by atoms with E-state index in [0.29, 0.717) is 6.42 Å². The van der Waals surface area contributed by atoms with Crippen LogP contribution in [0.3, 0.4) is 0 Å². The SMILES string of the molecule is Cc1cc(C(C)(CCC(=O)O)c2cc(I)c(O)c(I)c2)cc(I)c1O. The molecule has 134 valence electrons. The normalized spacial score (nSPS) is 13.5. The molecular formula is C18H17I3O4. The van der Waals surface area contributed by atoms with E-state index in [1.807, 2.05) is 38.1 Å². The first-order valence-electron chi connectivity index (χ1n) is 7.46. The van der Waals surface area contributed by atoms with Crippen molar-refractivity contribution in [2.24, 2.45) is 0 Å². The lowest BCUT2D eigenvalue weighted by molar-refractivity contribution is -0.137. The van der Waals surface area contributed by atoms with Crippen molar-refractivity contribution < 1.29 is 20.1 Å². The summed E-state index contributed by atoms with van der Waals surface area (Å²) in [4.78, 5) is 11.2.